The van der Waals surface area contributed by atoms with Crippen LogP contribution in [0.5, 0.6) is 0 Å². The van der Waals surface area contributed by atoms with Crippen molar-refractivity contribution in [1.82, 2.24) is 4.98 Å². The standard InChI is InChI=1S/C27H22N2O5S/c1-35(33,34)22-11-12-23(24(17-22)19-7-4-6-18(14-19)15-26(30)31)27(32)29-21-9-5-8-20(16-21)25-10-2-3-13-28-25/h2-14,16-17H,15H2,1H3,(H,29,32)(H,30,31). The number of carboxylic acids is 1. The number of rotatable bonds is 7. The molecule has 4 rings (SSSR count). The van der Waals surface area contributed by atoms with Gasteiger partial charge >= 0.3 is 5.97 Å². The Hall–Kier alpha value is -4.30. The van der Waals surface area contributed by atoms with Crippen LogP contribution in [-0.4, -0.2) is 36.6 Å². The fourth-order valence-electron chi connectivity index (χ4n) is 3.70. The quantitative estimate of drug-likeness (QED) is 0.392. The van der Waals surface area contributed by atoms with Gasteiger partial charge in [-0.2, -0.15) is 0 Å². The van der Waals surface area contributed by atoms with Crippen molar-refractivity contribution in [2.45, 2.75) is 11.3 Å². The molecule has 35 heavy (non-hydrogen) atoms. The summed E-state index contributed by atoms with van der Waals surface area (Å²) in [5.74, 6) is -1.42. The number of anilines is 1. The molecule has 0 atom stereocenters. The summed E-state index contributed by atoms with van der Waals surface area (Å²) in [7, 11) is -3.53. The third-order valence-corrected chi connectivity index (χ3v) is 6.45. The summed E-state index contributed by atoms with van der Waals surface area (Å²) in [6.07, 6.45) is 2.59. The normalized spacial score (nSPS) is 11.1. The number of aromatic nitrogens is 1. The first-order valence-electron chi connectivity index (χ1n) is 10.7. The second-order valence-electron chi connectivity index (χ2n) is 8.00. The fraction of sp³-hybridized carbons (Fsp3) is 0.0741. The zero-order chi connectivity index (χ0) is 25.0. The smallest absolute Gasteiger partial charge is 0.307 e. The van der Waals surface area contributed by atoms with Gasteiger partial charge in [0.15, 0.2) is 9.84 Å². The van der Waals surface area contributed by atoms with Crippen LogP contribution >= 0.6 is 0 Å². The van der Waals surface area contributed by atoms with E-state index in [-0.39, 0.29) is 16.9 Å². The van der Waals surface area contributed by atoms with Gasteiger partial charge in [-0.3, -0.25) is 14.6 Å². The minimum absolute atomic E-state index is 0.0600. The summed E-state index contributed by atoms with van der Waals surface area (Å²) in [6.45, 7) is 0. The summed E-state index contributed by atoms with van der Waals surface area (Å²) in [5, 5.41) is 12.0. The zero-order valence-electron chi connectivity index (χ0n) is 18.8. The molecule has 0 spiro atoms. The van der Waals surface area contributed by atoms with E-state index in [9.17, 15) is 18.0 Å². The Morgan fingerprint density at radius 2 is 1.66 bits per heavy atom. The van der Waals surface area contributed by atoms with Crippen LogP contribution in [0.25, 0.3) is 22.4 Å². The molecule has 2 N–H and O–H groups in total. The predicted molar refractivity (Wildman–Crippen MR) is 134 cm³/mol. The molecule has 1 amide bonds. The number of hydrogen-bond donors (Lipinski definition) is 2. The van der Waals surface area contributed by atoms with Gasteiger partial charge in [0.05, 0.1) is 17.0 Å². The second-order valence-corrected chi connectivity index (χ2v) is 10.0. The van der Waals surface area contributed by atoms with E-state index >= 15 is 0 Å². The Balaban J connectivity index is 1.73. The molecule has 4 aromatic rings. The Bertz CT molecular complexity index is 1520. The van der Waals surface area contributed by atoms with Crippen LogP contribution < -0.4 is 5.32 Å². The van der Waals surface area contributed by atoms with Gasteiger partial charge in [0, 0.05) is 29.3 Å². The number of amides is 1. The lowest BCUT2D eigenvalue weighted by atomic mass is 9.96. The third-order valence-electron chi connectivity index (χ3n) is 5.34. The van der Waals surface area contributed by atoms with E-state index in [2.05, 4.69) is 10.3 Å². The van der Waals surface area contributed by atoms with Crippen LogP contribution in [0.15, 0.2) is 96.0 Å². The monoisotopic (exact) mass is 486 g/mol. The molecule has 176 valence electrons. The molecule has 7 nitrogen and oxygen atoms in total. The van der Waals surface area contributed by atoms with E-state index in [0.717, 1.165) is 17.5 Å². The molecule has 0 unspecified atom stereocenters. The highest BCUT2D eigenvalue weighted by molar-refractivity contribution is 7.90. The Morgan fingerprint density at radius 1 is 0.886 bits per heavy atom. The van der Waals surface area contributed by atoms with Gasteiger partial charge in [0.1, 0.15) is 0 Å². The second kappa shape index (κ2) is 9.90. The maximum Gasteiger partial charge on any atom is 0.307 e. The number of benzene rings is 3. The fourth-order valence-corrected chi connectivity index (χ4v) is 4.35. The maximum absolute atomic E-state index is 13.3. The molecule has 1 aromatic heterocycles. The van der Waals surface area contributed by atoms with E-state index in [1.165, 1.54) is 18.2 Å². The number of carboxylic acid groups (broad SMARTS) is 1. The molecule has 0 aliphatic heterocycles. The maximum atomic E-state index is 13.3. The van der Waals surface area contributed by atoms with Gasteiger partial charge in [-0.1, -0.05) is 42.5 Å². The van der Waals surface area contributed by atoms with Crippen LogP contribution in [0.3, 0.4) is 0 Å². The molecular formula is C27H22N2O5S. The summed E-state index contributed by atoms with van der Waals surface area (Å²) >= 11 is 0. The predicted octanol–water partition coefficient (Wildman–Crippen LogP) is 4.70. The molecule has 0 bridgehead atoms. The molecule has 8 heteroatoms. The SMILES string of the molecule is CS(=O)(=O)c1ccc(C(=O)Nc2cccc(-c3ccccn3)c2)c(-c2cccc(CC(=O)O)c2)c1. The summed E-state index contributed by atoms with van der Waals surface area (Å²) in [4.78, 5) is 28.9. The first kappa shape index (κ1) is 23.8. The highest BCUT2D eigenvalue weighted by Crippen LogP contribution is 2.29. The summed E-state index contributed by atoms with van der Waals surface area (Å²) < 4.78 is 24.4. The van der Waals surface area contributed by atoms with Gasteiger partial charge in [-0.15, -0.1) is 0 Å². The molecule has 0 fully saturated rings. The Labute approximate surface area is 203 Å². The van der Waals surface area contributed by atoms with Crippen LogP contribution in [-0.2, 0) is 21.1 Å². The average Bonchev–Trinajstić information content (AvgIpc) is 2.83. The number of sulfone groups is 1. The Morgan fingerprint density at radius 3 is 2.37 bits per heavy atom. The summed E-state index contributed by atoms with van der Waals surface area (Å²) in [6, 6.07) is 23.8. The van der Waals surface area contributed by atoms with Crippen molar-refractivity contribution >= 4 is 27.4 Å². The van der Waals surface area contributed by atoms with Crippen LogP contribution in [0.1, 0.15) is 15.9 Å². The molecule has 0 saturated heterocycles. The minimum Gasteiger partial charge on any atom is -0.481 e. The van der Waals surface area contributed by atoms with E-state index in [4.69, 9.17) is 5.11 Å². The number of nitrogens with one attached hydrogen (secondary N) is 1. The molecule has 0 radical (unpaired) electrons. The van der Waals surface area contributed by atoms with Crippen LogP contribution in [0, 0.1) is 0 Å². The van der Waals surface area contributed by atoms with Crippen molar-refractivity contribution in [3.05, 3.63) is 102 Å². The molecular weight excluding hydrogens is 464 g/mol. The van der Waals surface area contributed by atoms with Gasteiger partial charge in [0.25, 0.3) is 5.91 Å². The first-order chi connectivity index (χ1) is 16.7. The van der Waals surface area contributed by atoms with Gasteiger partial charge < -0.3 is 10.4 Å². The van der Waals surface area contributed by atoms with E-state index < -0.39 is 21.7 Å². The molecule has 0 aliphatic carbocycles. The molecule has 1 heterocycles. The van der Waals surface area contributed by atoms with E-state index in [0.29, 0.717) is 22.4 Å². The lowest BCUT2D eigenvalue weighted by molar-refractivity contribution is -0.136. The first-order valence-corrected chi connectivity index (χ1v) is 12.6. The number of aliphatic carboxylic acids is 1. The average molecular weight is 487 g/mol. The number of nitrogens with zero attached hydrogens (tertiary/aromatic N) is 1. The number of hydrogen-bond acceptors (Lipinski definition) is 5. The number of pyridine rings is 1. The largest absolute Gasteiger partial charge is 0.481 e. The molecule has 0 aliphatic rings. The van der Waals surface area contributed by atoms with Gasteiger partial charge in [0.2, 0.25) is 0 Å². The lowest BCUT2D eigenvalue weighted by Crippen LogP contribution is -2.14. The van der Waals surface area contributed by atoms with Crippen molar-refractivity contribution in [1.29, 1.82) is 0 Å². The van der Waals surface area contributed by atoms with Crippen molar-refractivity contribution in [2.75, 3.05) is 11.6 Å². The zero-order valence-corrected chi connectivity index (χ0v) is 19.6. The number of carbonyl (C=O) groups excluding carboxylic acids is 1. The minimum atomic E-state index is -3.53. The van der Waals surface area contributed by atoms with Crippen molar-refractivity contribution in [3.8, 4) is 22.4 Å². The highest BCUT2D eigenvalue weighted by atomic mass is 32.2. The van der Waals surface area contributed by atoms with Crippen LogP contribution in [0.4, 0.5) is 5.69 Å². The van der Waals surface area contributed by atoms with Crippen LogP contribution in [0.2, 0.25) is 0 Å². The summed E-state index contributed by atoms with van der Waals surface area (Å²) in [5.41, 5.74) is 3.87. The third kappa shape index (κ3) is 5.80. The Kier molecular flexibility index (Phi) is 6.75. The number of carbonyl (C=O) groups is 2. The van der Waals surface area contributed by atoms with Gasteiger partial charge in [-0.25, -0.2) is 8.42 Å². The van der Waals surface area contributed by atoms with Crippen molar-refractivity contribution < 1.29 is 23.1 Å². The van der Waals surface area contributed by atoms with E-state index in [1.54, 1.807) is 42.6 Å². The van der Waals surface area contributed by atoms with Gasteiger partial charge in [-0.05, 0) is 59.2 Å². The topological polar surface area (TPSA) is 113 Å². The molecule has 0 saturated carbocycles. The van der Waals surface area contributed by atoms with E-state index in [1.807, 2.05) is 30.3 Å². The molecule has 3 aromatic carbocycles. The van der Waals surface area contributed by atoms with Crippen molar-refractivity contribution in [3.63, 3.8) is 0 Å². The lowest BCUT2D eigenvalue weighted by Gasteiger charge is -2.14. The highest BCUT2D eigenvalue weighted by Gasteiger charge is 2.18. The van der Waals surface area contributed by atoms with Crippen molar-refractivity contribution in [2.24, 2.45) is 0 Å².